The highest BCUT2D eigenvalue weighted by Gasteiger charge is 2.19. The van der Waals surface area contributed by atoms with Crippen molar-refractivity contribution in [1.82, 2.24) is 8.96 Å². The Bertz CT molecular complexity index is 1180. The van der Waals surface area contributed by atoms with E-state index in [4.69, 9.17) is 4.74 Å². The Morgan fingerprint density at radius 3 is 2.56 bits per heavy atom. The Labute approximate surface area is 157 Å². The van der Waals surface area contributed by atoms with Gasteiger partial charge in [0, 0.05) is 30.0 Å². The fourth-order valence-corrected chi connectivity index (χ4v) is 4.25. The molecule has 1 radical (unpaired) electrons. The summed E-state index contributed by atoms with van der Waals surface area (Å²) in [5.74, 6) is 0.806. The molecule has 0 saturated heterocycles. The molecule has 0 atom stereocenters. The van der Waals surface area contributed by atoms with E-state index in [9.17, 15) is 8.42 Å². The highest BCUT2D eigenvalue weighted by atomic mass is 32.2. The normalized spacial score (nSPS) is 11.6. The molecule has 0 saturated carbocycles. The number of benzene rings is 2. The first kappa shape index (κ1) is 17.3. The SMILES string of the molecule is COc1ccc(Cc2ccc3[c]cn(S(=O)(=O)c4cccnc4)c3c2)cc1. The number of ether oxygens (including phenoxy) is 1. The van der Waals surface area contributed by atoms with Crippen LogP contribution in [0.3, 0.4) is 0 Å². The van der Waals surface area contributed by atoms with Crippen LogP contribution in [0.1, 0.15) is 11.1 Å². The van der Waals surface area contributed by atoms with E-state index in [2.05, 4.69) is 11.1 Å². The van der Waals surface area contributed by atoms with Gasteiger partial charge in [-0.25, -0.2) is 12.4 Å². The van der Waals surface area contributed by atoms with Crippen molar-refractivity contribution < 1.29 is 13.2 Å². The fourth-order valence-electron chi connectivity index (χ4n) is 2.98. The van der Waals surface area contributed by atoms with Crippen molar-refractivity contribution in [2.24, 2.45) is 0 Å². The summed E-state index contributed by atoms with van der Waals surface area (Å²) in [6.07, 6.45) is 5.05. The zero-order valence-corrected chi connectivity index (χ0v) is 15.5. The first-order valence-corrected chi connectivity index (χ1v) is 9.82. The maximum atomic E-state index is 12.9. The van der Waals surface area contributed by atoms with Crippen LogP contribution in [0.25, 0.3) is 10.9 Å². The molecule has 0 aliphatic carbocycles. The van der Waals surface area contributed by atoms with Crippen LogP contribution in [0.5, 0.6) is 5.75 Å². The molecule has 2 aromatic carbocycles. The second-order valence-electron chi connectivity index (χ2n) is 6.14. The Balaban J connectivity index is 1.73. The zero-order chi connectivity index (χ0) is 18.9. The first-order valence-electron chi connectivity index (χ1n) is 8.38. The van der Waals surface area contributed by atoms with E-state index in [-0.39, 0.29) is 4.90 Å². The van der Waals surface area contributed by atoms with Crippen molar-refractivity contribution in [2.75, 3.05) is 7.11 Å². The summed E-state index contributed by atoms with van der Waals surface area (Å²) < 4.78 is 32.3. The van der Waals surface area contributed by atoms with Crippen LogP contribution in [0.2, 0.25) is 0 Å². The van der Waals surface area contributed by atoms with Crippen LogP contribution in [0, 0.1) is 6.07 Å². The van der Waals surface area contributed by atoms with Crippen LogP contribution in [0.4, 0.5) is 0 Å². The average molecular weight is 377 g/mol. The summed E-state index contributed by atoms with van der Waals surface area (Å²) in [5, 5.41) is 0.751. The van der Waals surface area contributed by atoms with Crippen LogP contribution in [-0.2, 0) is 16.4 Å². The molecule has 135 valence electrons. The van der Waals surface area contributed by atoms with Gasteiger partial charge in [0.15, 0.2) is 0 Å². The molecule has 6 heteroatoms. The lowest BCUT2D eigenvalue weighted by atomic mass is 10.0. The number of aromatic nitrogens is 2. The van der Waals surface area contributed by atoms with Crippen molar-refractivity contribution in [3.05, 3.63) is 90.4 Å². The summed E-state index contributed by atoms with van der Waals surface area (Å²) in [4.78, 5) is 4.06. The minimum atomic E-state index is -3.71. The Morgan fingerprint density at radius 1 is 1.07 bits per heavy atom. The minimum Gasteiger partial charge on any atom is -0.497 e. The molecule has 4 aromatic rings. The van der Waals surface area contributed by atoms with Crippen molar-refractivity contribution in [2.45, 2.75) is 11.3 Å². The van der Waals surface area contributed by atoms with E-state index in [1.807, 2.05) is 42.5 Å². The lowest BCUT2D eigenvalue weighted by Gasteiger charge is -2.09. The summed E-state index contributed by atoms with van der Waals surface area (Å²) >= 11 is 0. The number of hydrogen-bond acceptors (Lipinski definition) is 4. The number of rotatable bonds is 5. The van der Waals surface area contributed by atoms with E-state index in [1.54, 1.807) is 19.4 Å². The smallest absolute Gasteiger partial charge is 0.269 e. The van der Waals surface area contributed by atoms with Crippen molar-refractivity contribution in [3.8, 4) is 5.75 Å². The number of hydrogen-bond donors (Lipinski definition) is 0. The maximum absolute atomic E-state index is 12.9. The van der Waals surface area contributed by atoms with Crippen LogP contribution >= 0.6 is 0 Å². The predicted octanol–water partition coefficient (Wildman–Crippen LogP) is 3.67. The molecule has 0 N–H and O–H groups in total. The molecule has 0 amide bonds. The minimum absolute atomic E-state index is 0.149. The van der Waals surface area contributed by atoms with Crippen LogP contribution in [-0.4, -0.2) is 24.5 Å². The first-order chi connectivity index (χ1) is 13.1. The molecule has 4 rings (SSSR count). The van der Waals surface area contributed by atoms with E-state index in [0.29, 0.717) is 11.9 Å². The second kappa shape index (κ2) is 6.89. The van der Waals surface area contributed by atoms with Gasteiger partial charge in [-0.1, -0.05) is 24.3 Å². The number of methoxy groups -OCH3 is 1. The molecule has 2 heterocycles. The molecule has 0 unspecified atom stereocenters. The number of nitrogens with zero attached hydrogens (tertiary/aromatic N) is 2. The van der Waals surface area contributed by atoms with Crippen molar-refractivity contribution >= 4 is 20.9 Å². The molecule has 2 aromatic heterocycles. The largest absolute Gasteiger partial charge is 0.497 e. The zero-order valence-electron chi connectivity index (χ0n) is 14.7. The molecule has 0 aliphatic heterocycles. The summed E-state index contributed by atoms with van der Waals surface area (Å²) in [6.45, 7) is 0. The van der Waals surface area contributed by atoms with Crippen LogP contribution < -0.4 is 4.74 Å². The van der Waals surface area contributed by atoms with Gasteiger partial charge in [-0.3, -0.25) is 4.98 Å². The summed E-state index contributed by atoms with van der Waals surface area (Å²) in [6, 6.07) is 19.8. The van der Waals surface area contributed by atoms with E-state index >= 15 is 0 Å². The third-order valence-corrected chi connectivity index (χ3v) is 6.05. The quantitative estimate of drug-likeness (QED) is 0.532. The van der Waals surface area contributed by atoms with Gasteiger partial charge in [0.2, 0.25) is 0 Å². The molecule has 5 nitrogen and oxygen atoms in total. The fraction of sp³-hybridized carbons (Fsp3) is 0.0952. The van der Waals surface area contributed by atoms with Gasteiger partial charge in [0.05, 0.1) is 12.6 Å². The van der Waals surface area contributed by atoms with Crippen molar-refractivity contribution in [3.63, 3.8) is 0 Å². The molecule has 27 heavy (non-hydrogen) atoms. The molecule has 0 bridgehead atoms. The highest BCUT2D eigenvalue weighted by Crippen LogP contribution is 2.24. The Morgan fingerprint density at radius 2 is 1.85 bits per heavy atom. The van der Waals surface area contributed by atoms with E-state index in [1.165, 1.54) is 22.4 Å². The maximum Gasteiger partial charge on any atom is 0.269 e. The second-order valence-corrected chi connectivity index (χ2v) is 7.95. The molecule has 0 aliphatic rings. The lowest BCUT2D eigenvalue weighted by molar-refractivity contribution is 0.414. The van der Waals surface area contributed by atoms with Gasteiger partial charge in [-0.15, -0.1) is 0 Å². The number of fused-ring (bicyclic) bond motifs is 1. The van der Waals surface area contributed by atoms with Gasteiger partial charge >= 0.3 is 0 Å². The topological polar surface area (TPSA) is 61.2 Å². The highest BCUT2D eigenvalue weighted by molar-refractivity contribution is 7.90. The van der Waals surface area contributed by atoms with Crippen molar-refractivity contribution in [1.29, 1.82) is 0 Å². The average Bonchev–Trinajstić information content (AvgIpc) is 3.13. The third-order valence-electron chi connectivity index (χ3n) is 4.40. The van der Waals surface area contributed by atoms with Gasteiger partial charge in [0.25, 0.3) is 10.0 Å². The standard InChI is InChI=1S/C21H17N2O3S/c1-26-19-8-5-16(6-9-19)13-17-4-7-18-10-12-23(21(18)14-17)27(24,25)20-3-2-11-22-15-20/h2-9,11-12,14-15H,13H2,1H3. The monoisotopic (exact) mass is 377 g/mol. The van der Waals surface area contributed by atoms with Gasteiger partial charge in [-0.2, -0.15) is 0 Å². The lowest BCUT2D eigenvalue weighted by Crippen LogP contribution is -2.12. The Hall–Kier alpha value is -3.12. The third kappa shape index (κ3) is 3.31. The van der Waals surface area contributed by atoms with E-state index < -0.39 is 10.0 Å². The van der Waals surface area contributed by atoms with E-state index in [0.717, 1.165) is 22.3 Å². The van der Waals surface area contributed by atoms with Crippen LogP contribution in [0.15, 0.2) is 78.1 Å². The Kier molecular flexibility index (Phi) is 4.41. The number of pyridine rings is 1. The van der Waals surface area contributed by atoms with Gasteiger partial charge in [-0.05, 0) is 47.9 Å². The van der Waals surface area contributed by atoms with Gasteiger partial charge in [0.1, 0.15) is 10.6 Å². The summed E-state index contributed by atoms with van der Waals surface area (Å²) in [5.41, 5.74) is 2.74. The predicted molar refractivity (Wildman–Crippen MR) is 103 cm³/mol. The molecule has 0 fully saturated rings. The molecular weight excluding hydrogens is 360 g/mol. The summed E-state index contributed by atoms with van der Waals surface area (Å²) in [7, 11) is -2.08. The van der Waals surface area contributed by atoms with Gasteiger partial charge < -0.3 is 4.74 Å². The molecule has 0 spiro atoms. The molecular formula is C21H17N2O3S.